The van der Waals surface area contributed by atoms with Crippen molar-refractivity contribution in [1.82, 2.24) is 20.1 Å². The third kappa shape index (κ3) is 5.50. The minimum Gasteiger partial charge on any atom is -0.383 e. The number of piperidine rings is 2. The van der Waals surface area contributed by atoms with Crippen molar-refractivity contribution >= 4 is 5.91 Å². The molecule has 2 fully saturated rings. The van der Waals surface area contributed by atoms with Crippen LogP contribution in [0, 0.1) is 5.92 Å². The Morgan fingerprint density at radius 3 is 2.88 bits per heavy atom. The van der Waals surface area contributed by atoms with Crippen molar-refractivity contribution in [2.45, 2.75) is 38.3 Å². The van der Waals surface area contributed by atoms with E-state index in [2.05, 4.69) is 26.2 Å². The summed E-state index contributed by atoms with van der Waals surface area (Å²) in [7, 11) is 1.66. The molecule has 1 amide bonds. The van der Waals surface area contributed by atoms with Crippen molar-refractivity contribution in [3.05, 3.63) is 30.1 Å². The van der Waals surface area contributed by atoms with E-state index in [1.807, 2.05) is 18.5 Å². The molecular formula is C20H32N4O2. The highest BCUT2D eigenvalue weighted by atomic mass is 16.5. The molecule has 0 spiro atoms. The van der Waals surface area contributed by atoms with Gasteiger partial charge in [-0.25, -0.2) is 0 Å². The first-order chi connectivity index (χ1) is 12.8. The van der Waals surface area contributed by atoms with Crippen LogP contribution in [0.1, 0.15) is 31.2 Å². The van der Waals surface area contributed by atoms with Gasteiger partial charge >= 0.3 is 0 Å². The SMILES string of the molecule is COCCNC(=O)C1CCCN(C2CCN(Cc3cccnc3)CC2)C1. The van der Waals surface area contributed by atoms with Crippen molar-refractivity contribution in [3.8, 4) is 0 Å². The van der Waals surface area contributed by atoms with Gasteiger partial charge in [-0.2, -0.15) is 0 Å². The Labute approximate surface area is 156 Å². The van der Waals surface area contributed by atoms with E-state index in [9.17, 15) is 4.79 Å². The van der Waals surface area contributed by atoms with Gasteiger partial charge in [0.2, 0.25) is 5.91 Å². The average molecular weight is 361 g/mol. The minimum absolute atomic E-state index is 0.133. The monoisotopic (exact) mass is 360 g/mol. The predicted octanol–water partition coefficient (Wildman–Crippen LogP) is 1.52. The molecule has 3 rings (SSSR count). The fraction of sp³-hybridized carbons (Fsp3) is 0.700. The number of nitrogens with zero attached hydrogens (tertiary/aromatic N) is 3. The molecule has 1 N–H and O–H groups in total. The Bertz CT molecular complexity index is 546. The van der Waals surface area contributed by atoms with Crippen molar-refractivity contribution in [2.75, 3.05) is 46.4 Å². The lowest BCUT2D eigenvalue weighted by Gasteiger charge is -2.42. The molecule has 6 nitrogen and oxygen atoms in total. The van der Waals surface area contributed by atoms with E-state index in [0.29, 0.717) is 19.2 Å². The number of rotatable bonds is 7. The van der Waals surface area contributed by atoms with Gasteiger partial charge < -0.3 is 10.1 Å². The highest BCUT2D eigenvalue weighted by Crippen LogP contribution is 2.24. The van der Waals surface area contributed by atoms with E-state index in [-0.39, 0.29) is 11.8 Å². The summed E-state index contributed by atoms with van der Waals surface area (Å²) in [5.74, 6) is 0.329. The van der Waals surface area contributed by atoms with Crippen LogP contribution in [0.4, 0.5) is 0 Å². The third-order valence-corrected chi connectivity index (χ3v) is 5.63. The van der Waals surface area contributed by atoms with Gasteiger partial charge in [-0.3, -0.25) is 19.6 Å². The Kier molecular flexibility index (Phi) is 7.41. The molecular weight excluding hydrogens is 328 g/mol. The first-order valence-corrected chi connectivity index (χ1v) is 9.88. The third-order valence-electron chi connectivity index (χ3n) is 5.63. The molecule has 6 heteroatoms. The molecule has 2 saturated heterocycles. The van der Waals surface area contributed by atoms with E-state index in [4.69, 9.17) is 4.74 Å². The Morgan fingerprint density at radius 2 is 2.15 bits per heavy atom. The number of pyridine rings is 1. The van der Waals surface area contributed by atoms with Crippen molar-refractivity contribution in [2.24, 2.45) is 5.92 Å². The number of ether oxygens (including phenoxy) is 1. The van der Waals surface area contributed by atoms with E-state index >= 15 is 0 Å². The maximum absolute atomic E-state index is 12.3. The first-order valence-electron chi connectivity index (χ1n) is 9.88. The van der Waals surface area contributed by atoms with Crippen LogP contribution in [0.5, 0.6) is 0 Å². The lowest BCUT2D eigenvalue weighted by molar-refractivity contribution is -0.127. The molecule has 1 unspecified atom stereocenters. The van der Waals surface area contributed by atoms with Crippen LogP contribution in [-0.2, 0) is 16.1 Å². The molecule has 2 aliphatic heterocycles. The number of methoxy groups -OCH3 is 1. The van der Waals surface area contributed by atoms with Crippen LogP contribution in [0.25, 0.3) is 0 Å². The molecule has 1 aromatic rings. The van der Waals surface area contributed by atoms with E-state index < -0.39 is 0 Å². The lowest BCUT2D eigenvalue weighted by atomic mass is 9.93. The number of amides is 1. The second-order valence-corrected chi connectivity index (χ2v) is 7.49. The highest BCUT2D eigenvalue weighted by Gasteiger charge is 2.31. The Balaban J connectivity index is 1.43. The maximum Gasteiger partial charge on any atom is 0.224 e. The van der Waals surface area contributed by atoms with E-state index in [1.54, 1.807) is 7.11 Å². The summed E-state index contributed by atoms with van der Waals surface area (Å²) in [5, 5.41) is 3.01. The van der Waals surface area contributed by atoms with Gasteiger partial charge in [-0.05, 0) is 56.9 Å². The summed E-state index contributed by atoms with van der Waals surface area (Å²) in [6, 6.07) is 4.78. The Morgan fingerprint density at radius 1 is 1.31 bits per heavy atom. The average Bonchev–Trinajstić information content (AvgIpc) is 2.69. The predicted molar refractivity (Wildman–Crippen MR) is 102 cm³/mol. The number of carbonyl (C=O) groups excluding carboxylic acids is 1. The van der Waals surface area contributed by atoms with Gasteiger partial charge in [0.25, 0.3) is 0 Å². The molecule has 0 bridgehead atoms. The first kappa shape index (κ1) is 19.3. The fourth-order valence-electron chi connectivity index (χ4n) is 4.17. The number of likely N-dealkylation sites (tertiary alicyclic amines) is 2. The second-order valence-electron chi connectivity index (χ2n) is 7.49. The zero-order chi connectivity index (χ0) is 18.2. The molecule has 2 aliphatic rings. The van der Waals surface area contributed by atoms with Gasteiger partial charge in [0, 0.05) is 45.2 Å². The highest BCUT2D eigenvalue weighted by molar-refractivity contribution is 5.78. The van der Waals surface area contributed by atoms with Gasteiger partial charge in [-0.15, -0.1) is 0 Å². The topological polar surface area (TPSA) is 57.7 Å². The van der Waals surface area contributed by atoms with Crippen LogP contribution < -0.4 is 5.32 Å². The molecule has 1 aromatic heterocycles. The van der Waals surface area contributed by atoms with Crippen LogP contribution >= 0.6 is 0 Å². The van der Waals surface area contributed by atoms with Crippen LogP contribution in [0.2, 0.25) is 0 Å². The number of nitrogens with one attached hydrogen (secondary N) is 1. The second kappa shape index (κ2) is 10.00. The van der Waals surface area contributed by atoms with Crippen molar-refractivity contribution in [3.63, 3.8) is 0 Å². The van der Waals surface area contributed by atoms with Crippen molar-refractivity contribution in [1.29, 1.82) is 0 Å². The summed E-state index contributed by atoms with van der Waals surface area (Å²) in [6.45, 7) is 6.48. The van der Waals surface area contributed by atoms with Gasteiger partial charge in [0.1, 0.15) is 0 Å². The standard InChI is InChI=1S/C20H32N4O2/c1-26-13-9-22-20(25)18-5-3-10-24(16-18)19-6-11-23(12-7-19)15-17-4-2-8-21-14-17/h2,4,8,14,18-19H,3,5-7,9-13,15-16H2,1H3,(H,22,25). The number of carbonyl (C=O) groups is 1. The minimum atomic E-state index is 0.133. The number of hydrogen-bond acceptors (Lipinski definition) is 5. The zero-order valence-electron chi connectivity index (χ0n) is 15.9. The summed E-state index contributed by atoms with van der Waals surface area (Å²) in [4.78, 5) is 21.6. The largest absolute Gasteiger partial charge is 0.383 e. The molecule has 0 radical (unpaired) electrons. The Hall–Kier alpha value is -1.50. The quantitative estimate of drug-likeness (QED) is 0.747. The van der Waals surface area contributed by atoms with Gasteiger partial charge in [0.05, 0.1) is 12.5 Å². The fourth-order valence-corrected chi connectivity index (χ4v) is 4.17. The summed E-state index contributed by atoms with van der Waals surface area (Å²) >= 11 is 0. The van der Waals surface area contributed by atoms with Crippen LogP contribution in [-0.4, -0.2) is 73.2 Å². The van der Waals surface area contributed by atoms with Crippen LogP contribution in [0.3, 0.4) is 0 Å². The molecule has 0 saturated carbocycles. The van der Waals surface area contributed by atoms with Crippen molar-refractivity contribution < 1.29 is 9.53 Å². The zero-order valence-corrected chi connectivity index (χ0v) is 15.9. The molecule has 0 aliphatic carbocycles. The smallest absolute Gasteiger partial charge is 0.224 e. The van der Waals surface area contributed by atoms with E-state index in [1.165, 1.54) is 18.4 Å². The summed E-state index contributed by atoms with van der Waals surface area (Å²) in [6.07, 6.45) is 8.31. The summed E-state index contributed by atoms with van der Waals surface area (Å²) in [5.41, 5.74) is 1.29. The molecule has 0 aromatic carbocycles. The van der Waals surface area contributed by atoms with E-state index in [0.717, 1.165) is 45.6 Å². The van der Waals surface area contributed by atoms with Crippen LogP contribution in [0.15, 0.2) is 24.5 Å². The number of aromatic nitrogens is 1. The number of hydrogen-bond donors (Lipinski definition) is 1. The lowest BCUT2D eigenvalue weighted by Crippen LogP contribution is -2.50. The van der Waals surface area contributed by atoms with Gasteiger partial charge in [0.15, 0.2) is 0 Å². The van der Waals surface area contributed by atoms with Gasteiger partial charge in [-0.1, -0.05) is 6.07 Å². The molecule has 26 heavy (non-hydrogen) atoms. The summed E-state index contributed by atoms with van der Waals surface area (Å²) < 4.78 is 5.01. The molecule has 144 valence electrons. The molecule has 3 heterocycles. The molecule has 1 atom stereocenters. The normalized spacial score (nSPS) is 23.0. The maximum atomic E-state index is 12.3.